The molecule has 0 bridgehead atoms. The van der Waals surface area contributed by atoms with Gasteiger partial charge in [0.15, 0.2) is 0 Å². The predicted octanol–water partition coefficient (Wildman–Crippen LogP) is 8.24. The summed E-state index contributed by atoms with van der Waals surface area (Å²) >= 11 is 1.82. The van der Waals surface area contributed by atoms with E-state index in [0.29, 0.717) is 0 Å². The molecule has 1 aliphatic rings. The Kier molecular flexibility index (Phi) is 15.8. The van der Waals surface area contributed by atoms with Gasteiger partial charge in [-0.15, -0.1) is 0 Å². The minimum atomic E-state index is 1.20. The summed E-state index contributed by atoms with van der Waals surface area (Å²) in [5, 5.41) is 2.16. The number of hydrogen-bond donors (Lipinski definition) is 0. The average molecular weight is 352 g/mol. The third-order valence-corrected chi connectivity index (χ3v) is 5.72. The molecule has 1 heterocycles. The Balaban J connectivity index is 1.67. The van der Waals surface area contributed by atoms with Crippen LogP contribution < -0.4 is 0 Å². The lowest BCUT2D eigenvalue weighted by Gasteiger charge is -2.18. The molecule has 0 aromatic heterocycles. The van der Waals surface area contributed by atoms with Crippen molar-refractivity contribution >= 4 is 11.9 Å². The quantitative estimate of drug-likeness (QED) is 0.192. The average Bonchev–Trinajstić information content (AvgIpc) is 2.62. The standard InChI is InChI=1S/C22H41NS/c1-2-3-4-5-6-7-8-9-10-11-12-13-14-15-16-17-20-23-21-18-19-22-24-23/h18-19,21-22H,2-17,20H2,1H3. The third kappa shape index (κ3) is 14.0. The topological polar surface area (TPSA) is 3.24 Å². The molecule has 1 nitrogen and oxygen atoms in total. The predicted molar refractivity (Wildman–Crippen MR) is 112 cm³/mol. The van der Waals surface area contributed by atoms with Gasteiger partial charge < -0.3 is 4.31 Å². The molecule has 0 radical (unpaired) electrons. The number of unbranched alkanes of at least 4 members (excludes halogenated alkanes) is 15. The normalized spacial score (nSPS) is 13.8. The second-order valence-electron chi connectivity index (χ2n) is 7.22. The molecule has 0 aliphatic carbocycles. The Morgan fingerprint density at radius 3 is 1.46 bits per heavy atom. The molecule has 0 aromatic carbocycles. The Bertz CT molecular complexity index is 311. The van der Waals surface area contributed by atoms with Crippen LogP contribution in [0.2, 0.25) is 0 Å². The van der Waals surface area contributed by atoms with Gasteiger partial charge in [-0.05, 0) is 29.9 Å². The van der Waals surface area contributed by atoms with Gasteiger partial charge in [-0.1, -0.05) is 109 Å². The highest BCUT2D eigenvalue weighted by Crippen LogP contribution is 2.18. The van der Waals surface area contributed by atoms with Crippen LogP contribution in [0.3, 0.4) is 0 Å². The Hall–Kier alpha value is -0.370. The van der Waals surface area contributed by atoms with Gasteiger partial charge in [0, 0.05) is 12.7 Å². The van der Waals surface area contributed by atoms with Crippen molar-refractivity contribution < 1.29 is 0 Å². The van der Waals surface area contributed by atoms with E-state index in [0.717, 1.165) is 0 Å². The monoisotopic (exact) mass is 351 g/mol. The molecule has 2 heteroatoms. The summed E-state index contributed by atoms with van der Waals surface area (Å²) in [6.45, 7) is 3.49. The molecule has 0 unspecified atom stereocenters. The number of rotatable bonds is 17. The van der Waals surface area contributed by atoms with Gasteiger partial charge in [0.2, 0.25) is 0 Å². The maximum absolute atomic E-state index is 2.34. The first-order chi connectivity index (χ1) is 11.9. The lowest BCUT2D eigenvalue weighted by atomic mass is 10.0. The van der Waals surface area contributed by atoms with Crippen LogP contribution in [-0.4, -0.2) is 10.8 Å². The molecule has 0 N–H and O–H groups in total. The van der Waals surface area contributed by atoms with E-state index in [9.17, 15) is 0 Å². The second kappa shape index (κ2) is 17.5. The lowest BCUT2D eigenvalue weighted by Crippen LogP contribution is -2.09. The fraction of sp³-hybridized carbons (Fsp3) is 0.818. The van der Waals surface area contributed by atoms with Crippen molar-refractivity contribution in [2.45, 2.75) is 110 Å². The fourth-order valence-corrected chi connectivity index (χ4v) is 3.97. The summed E-state index contributed by atoms with van der Waals surface area (Å²) in [5.41, 5.74) is 0. The summed E-state index contributed by atoms with van der Waals surface area (Å²) in [7, 11) is 0. The Labute approximate surface area is 156 Å². The van der Waals surface area contributed by atoms with Gasteiger partial charge in [0.1, 0.15) is 0 Å². The summed E-state index contributed by atoms with van der Waals surface area (Å²) in [6.07, 6.45) is 29.5. The van der Waals surface area contributed by atoms with E-state index in [2.05, 4.69) is 35.0 Å². The van der Waals surface area contributed by atoms with Gasteiger partial charge in [-0.25, -0.2) is 0 Å². The molecule has 0 spiro atoms. The lowest BCUT2D eigenvalue weighted by molar-refractivity contribution is 0.514. The van der Waals surface area contributed by atoms with Crippen molar-refractivity contribution in [1.29, 1.82) is 0 Å². The van der Waals surface area contributed by atoms with Crippen LogP contribution in [0.15, 0.2) is 23.8 Å². The first-order valence-corrected chi connectivity index (χ1v) is 11.5. The van der Waals surface area contributed by atoms with Gasteiger partial charge in [0.25, 0.3) is 0 Å². The van der Waals surface area contributed by atoms with Crippen molar-refractivity contribution in [3.05, 3.63) is 23.8 Å². The highest BCUT2D eigenvalue weighted by atomic mass is 32.2. The number of allylic oxidation sites excluding steroid dienone is 2. The van der Waals surface area contributed by atoms with E-state index < -0.39 is 0 Å². The summed E-state index contributed by atoms with van der Waals surface area (Å²) in [5.74, 6) is 0. The Morgan fingerprint density at radius 2 is 1.04 bits per heavy atom. The second-order valence-corrected chi connectivity index (χ2v) is 8.17. The van der Waals surface area contributed by atoms with Crippen LogP contribution in [0.1, 0.15) is 110 Å². The van der Waals surface area contributed by atoms with Crippen LogP contribution in [0.5, 0.6) is 0 Å². The van der Waals surface area contributed by atoms with E-state index in [-0.39, 0.29) is 0 Å². The molecule has 1 rings (SSSR count). The maximum Gasteiger partial charge on any atom is 0.0292 e. The Morgan fingerprint density at radius 1 is 0.583 bits per heavy atom. The van der Waals surface area contributed by atoms with E-state index in [4.69, 9.17) is 0 Å². The van der Waals surface area contributed by atoms with E-state index in [1.165, 1.54) is 109 Å². The SMILES string of the molecule is CCCCCCCCCCCCCCCCCCN1C=CC=CS1. The molecule has 0 saturated carbocycles. The van der Waals surface area contributed by atoms with E-state index in [1.807, 2.05) is 11.9 Å². The highest BCUT2D eigenvalue weighted by molar-refractivity contribution is 8.00. The van der Waals surface area contributed by atoms with Gasteiger partial charge in [-0.2, -0.15) is 0 Å². The molecule has 0 saturated heterocycles. The van der Waals surface area contributed by atoms with E-state index >= 15 is 0 Å². The van der Waals surface area contributed by atoms with Crippen molar-refractivity contribution in [2.24, 2.45) is 0 Å². The zero-order valence-electron chi connectivity index (χ0n) is 16.2. The van der Waals surface area contributed by atoms with Crippen molar-refractivity contribution in [2.75, 3.05) is 6.54 Å². The smallest absolute Gasteiger partial charge is 0.0292 e. The largest absolute Gasteiger partial charge is 0.320 e. The first kappa shape index (κ1) is 21.7. The number of nitrogens with zero attached hydrogens (tertiary/aromatic N) is 1. The highest BCUT2D eigenvalue weighted by Gasteiger charge is 2.00. The first-order valence-electron chi connectivity index (χ1n) is 10.7. The third-order valence-electron chi connectivity index (χ3n) is 4.87. The zero-order chi connectivity index (χ0) is 17.1. The molecule has 24 heavy (non-hydrogen) atoms. The van der Waals surface area contributed by atoms with Gasteiger partial charge >= 0.3 is 0 Å². The molecular formula is C22H41NS. The summed E-state index contributed by atoms with van der Waals surface area (Å²) in [6, 6.07) is 0. The van der Waals surface area contributed by atoms with Crippen molar-refractivity contribution in [3.8, 4) is 0 Å². The maximum atomic E-state index is 2.34. The molecule has 0 amide bonds. The van der Waals surface area contributed by atoms with E-state index in [1.54, 1.807) is 0 Å². The number of hydrogen-bond acceptors (Lipinski definition) is 2. The fourth-order valence-electron chi connectivity index (χ4n) is 3.28. The molecular weight excluding hydrogens is 310 g/mol. The van der Waals surface area contributed by atoms with Crippen LogP contribution >= 0.6 is 11.9 Å². The molecule has 0 atom stereocenters. The van der Waals surface area contributed by atoms with Crippen LogP contribution in [0.25, 0.3) is 0 Å². The van der Waals surface area contributed by atoms with Crippen LogP contribution in [0.4, 0.5) is 0 Å². The molecule has 1 aliphatic heterocycles. The zero-order valence-corrected chi connectivity index (χ0v) is 17.0. The van der Waals surface area contributed by atoms with Crippen LogP contribution in [-0.2, 0) is 0 Å². The van der Waals surface area contributed by atoms with Crippen LogP contribution in [0, 0.1) is 0 Å². The summed E-state index contributed by atoms with van der Waals surface area (Å²) in [4.78, 5) is 0. The molecule has 140 valence electrons. The van der Waals surface area contributed by atoms with Gasteiger partial charge in [0.05, 0.1) is 0 Å². The van der Waals surface area contributed by atoms with Crippen molar-refractivity contribution in [3.63, 3.8) is 0 Å². The molecule has 0 aromatic rings. The minimum absolute atomic E-state index is 1.20. The summed E-state index contributed by atoms with van der Waals surface area (Å²) < 4.78 is 2.34. The van der Waals surface area contributed by atoms with Gasteiger partial charge in [-0.3, -0.25) is 0 Å². The molecule has 0 fully saturated rings. The minimum Gasteiger partial charge on any atom is -0.320 e. The van der Waals surface area contributed by atoms with Crippen molar-refractivity contribution in [1.82, 2.24) is 4.31 Å².